The molecule has 0 spiro atoms. The fourth-order valence-corrected chi connectivity index (χ4v) is 1.49. The first kappa shape index (κ1) is 18.8. The lowest BCUT2D eigenvalue weighted by atomic mass is 10.1. The van der Waals surface area contributed by atoms with E-state index >= 15 is 0 Å². The number of rotatable bonds is 9. The van der Waals surface area contributed by atoms with E-state index < -0.39 is 48.3 Å². The van der Waals surface area contributed by atoms with Gasteiger partial charge in [-0.05, 0) is 13.3 Å². The fraction of sp³-hybridized carbons (Fsp3) is 0.667. The molecule has 2 amide bonds. The fourth-order valence-electron chi connectivity index (χ4n) is 1.49. The second-order valence-corrected chi connectivity index (χ2v) is 4.68. The van der Waals surface area contributed by atoms with E-state index in [1.807, 2.05) is 0 Å². The zero-order valence-corrected chi connectivity index (χ0v) is 12.0. The van der Waals surface area contributed by atoms with Crippen LogP contribution in [-0.4, -0.2) is 52.1 Å². The molecule has 0 heterocycles. The summed E-state index contributed by atoms with van der Waals surface area (Å²) in [6.07, 6.45) is -0.446. The van der Waals surface area contributed by atoms with Gasteiger partial charge in [0.15, 0.2) is 0 Å². The van der Waals surface area contributed by atoms with Crippen molar-refractivity contribution in [1.82, 2.24) is 10.6 Å². The van der Waals surface area contributed by atoms with Crippen LogP contribution in [0.25, 0.3) is 0 Å². The van der Waals surface area contributed by atoms with Gasteiger partial charge >= 0.3 is 11.9 Å². The number of hydrogen-bond acceptors (Lipinski definition) is 5. The molecule has 3 unspecified atom stereocenters. The monoisotopic (exact) mass is 303 g/mol. The average Bonchev–Trinajstić information content (AvgIpc) is 2.35. The number of carboxylic acids is 2. The highest BCUT2D eigenvalue weighted by Crippen LogP contribution is 1.98. The van der Waals surface area contributed by atoms with Crippen molar-refractivity contribution in [3.05, 3.63) is 0 Å². The molecule has 0 aromatic heterocycles. The molecule has 0 rings (SSSR count). The molecule has 0 fully saturated rings. The molecule has 0 saturated heterocycles. The van der Waals surface area contributed by atoms with E-state index in [1.165, 1.54) is 0 Å². The molecular formula is C12H21N3O6. The molecule has 9 heteroatoms. The molecule has 9 nitrogen and oxygen atoms in total. The van der Waals surface area contributed by atoms with E-state index in [0.717, 1.165) is 0 Å². The van der Waals surface area contributed by atoms with Crippen LogP contribution in [0.2, 0.25) is 0 Å². The minimum atomic E-state index is -1.50. The van der Waals surface area contributed by atoms with Crippen molar-refractivity contribution in [2.24, 2.45) is 5.73 Å². The molecule has 0 aromatic carbocycles. The highest BCUT2D eigenvalue weighted by atomic mass is 16.4. The number of nitrogens with one attached hydrogen (secondary N) is 2. The molecule has 120 valence electrons. The Morgan fingerprint density at radius 3 is 2.10 bits per heavy atom. The SMILES string of the molecule is CCC(N)C(=O)NC(C)CC(=O)NC(CC(=O)O)C(=O)O. The Kier molecular flexibility index (Phi) is 7.99. The number of hydrogen-bond donors (Lipinski definition) is 5. The van der Waals surface area contributed by atoms with Crippen LogP contribution >= 0.6 is 0 Å². The summed E-state index contributed by atoms with van der Waals surface area (Å²) in [4.78, 5) is 44.4. The third kappa shape index (κ3) is 7.88. The van der Waals surface area contributed by atoms with Gasteiger partial charge in [-0.3, -0.25) is 14.4 Å². The van der Waals surface area contributed by atoms with Crippen LogP contribution in [0, 0.1) is 0 Å². The van der Waals surface area contributed by atoms with Crippen LogP contribution in [0.5, 0.6) is 0 Å². The Bertz CT molecular complexity index is 412. The summed E-state index contributed by atoms with van der Waals surface area (Å²) < 4.78 is 0. The molecule has 0 aromatic rings. The molecule has 0 aliphatic carbocycles. The standard InChI is InChI=1S/C12H21N3O6/c1-3-7(13)11(19)14-6(2)4-9(16)15-8(12(20)21)5-10(17)18/h6-8H,3-5,13H2,1-2H3,(H,14,19)(H,15,16)(H,17,18)(H,20,21). The van der Waals surface area contributed by atoms with Gasteiger partial charge in [-0.15, -0.1) is 0 Å². The van der Waals surface area contributed by atoms with Gasteiger partial charge in [0.1, 0.15) is 6.04 Å². The largest absolute Gasteiger partial charge is 0.481 e. The van der Waals surface area contributed by atoms with Crippen molar-refractivity contribution in [1.29, 1.82) is 0 Å². The predicted octanol–water partition coefficient (Wildman–Crippen LogP) is -1.34. The first-order valence-corrected chi connectivity index (χ1v) is 6.47. The molecule has 0 aliphatic rings. The minimum absolute atomic E-state index is 0.175. The van der Waals surface area contributed by atoms with E-state index in [4.69, 9.17) is 15.9 Å². The van der Waals surface area contributed by atoms with Gasteiger partial charge in [-0.25, -0.2) is 4.79 Å². The van der Waals surface area contributed by atoms with Gasteiger partial charge in [0, 0.05) is 12.5 Å². The first-order valence-electron chi connectivity index (χ1n) is 6.47. The number of carbonyl (C=O) groups excluding carboxylic acids is 2. The van der Waals surface area contributed by atoms with Crippen LogP contribution in [0.4, 0.5) is 0 Å². The molecule has 3 atom stereocenters. The summed E-state index contributed by atoms with van der Waals surface area (Å²) in [6.45, 7) is 3.30. The molecular weight excluding hydrogens is 282 g/mol. The van der Waals surface area contributed by atoms with Crippen molar-refractivity contribution in [2.75, 3.05) is 0 Å². The van der Waals surface area contributed by atoms with Gasteiger partial charge < -0.3 is 26.6 Å². The van der Waals surface area contributed by atoms with Crippen molar-refractivity contribution in [2.45, 2.75) is 51.2 Å². The van der Waals surface area contributed by atoms with E-state index in [-0.39, 0.29) is 6.42 Å². The molecule has 0 radical (unpaired) electrons. The summed E-state index contributed by atoms with van der Waals surface area (Å²) in [6, 6.07) is -2.72. The van der Waals surface area contributed by atoms with E-state index in [0.29, 0.717) is 6.42 Å². The maximum Gasteiger partial charge on any atom is 0.326 e. The zero-order chi connectivity index (χ0) is 16.6. The van der Waals surface area contributed by atoms with Gasteiger partial charge in [0.05, 0.1) is 12.5 Å². The number of aliphatic carboxylic acids is 2. The zero-order valence-electron chi connectivity index (χ0n) is 12.0. The van der Waals surface area contributed by atoms with Crippen LogP contribution in [-0.2, 0) is 19.2 Å². The number of carboxylic acid groups (broad SMARTS) is 2. The Balaban J connectivity index is 4.37. The number of nitrogens with two attached hydrogens (primary N) is 1. The summed E-state index contributed by atoms with van der Waals surface area (Å²) in [5.41, 5.74) is 5.52. The first-order chi connectivity index (χ1) is 9.67. The molecule has 21 heavy (non-hydrogen) atoms. The maximum atomic E-state index is 11.6. The van der Waals surface area contributed by atoms with Gasteiger partial charge in [0.2, 0.25) is 11.8 Å². The molecule has 0 bridgehead atoms. The predicted molar refractivity (Wildman–Crippen MR) is 72.3 cm³/mol. The highest BCUT2D eigenvalue weighted by Gasteiger charge is 2.24. The third-order valence-corrected chi connectivity index (χ3v) is 2.67. The topological polar surface area (TPSA) is 159 Å². The summed E-state index contributed by atoms with van der Waals surface area (Å²) in [7, 11) is 0. The smallest absolute Gasteiger partial charge is 0.326 e. The molecule has 6 N–H and O–H groups in total. The van der Waals surface area contributed by atoms with Crippen molar-refractivity contribution < 1.29 is 29.4 Å². The Hall–Kier alpha value is -2.16. The van der Waals surface area contributed by atoms with Crippen molar-refractivity contribution in [3.8, 4) is 0 Å². The quantitative estimate of drug-likeness (QED) is 0.352. The Morgan fingerprint density at radius 2 is 1.67 bits per heavy atom. The second-order valence-electron chi connectivity index (χ2n) is 4.68. The summed E-state index contributed by atoms with van der Waals surface area (Å²) in [5.74, 6) is -3.84. The molecule has 0 aliphatic heterocycles. The Morgan fingerprint density at radius 1 is 1.10 bits per heavy atom. The second kappa shape index (κ2) is 8.90. The van der Waals surface area contributed by atoms with Crippen LogP contribution in [0.3, 0.4) is 0 Å². The summed E-state index contributed by atoms with van der Waals surface area (Å²) >= 11 is 0. The van der Waals surface area contributed by atoms with E-state index in [1.54, 1.807) is 13.8 Å². The normalized spacial score (nSPS) is 14.6. The van der Waals surface area contributed by atoms with E-state index in [9.17, 15) is 19.2 Å². The lowest BCUT2D eigenvalue weighted by Gasteiger charge is -2.18. The van der Waals surface area contributed by atoms with Crippen LogP contribution in [0.1, 0.15) is 33.1 Å². The highest BCUT2D eigenvalue weighted by molar-refractivity contribution is 5.87. The number of amides is 2. The third-order valence-electron chi connectivity index (χ3n) is 2.67. The lowest BCUT2D eigenvalue weighted by Crippen LogP contribution is -2.47. The lowest BCUT2D eigenvalue weighted by molar-refractivity contribution is -0.147. The maximum absolute atomic E-state index is 11.6. The van der Waals surface area contributed by atoms with Gasteiger partial charge in [0.25, 0.3) is 0 Å². The van der Waals surface area contributed by atoms with Crippen molar-refractivity contribution in [3.63, 3.8) is 0 Å². The minimum Gasteiger partial charge on any atom is -0.481 e. The molecule has 0 saturated carbocycles. The van der Waals surface area contributed by atoms with Crippen LogP contribution < -0.4 is 16.4 Å². The average molecular weight is 303 g/mol. The summed E-state index contributed by atoms with van der Waals surface area (Å²) in [5, 5.41) is 21.9. The van der Waals surface area contributed by atoms with E-state index in [2.05, 4.69) is 10.6 Å². The Labute approximate surface area is 121 Å². The van der Waals surface area contributed by atoms with Gasteiger partial charge in [-0.1, -0.05) is 6.92 Å². The van der Waals surface area contributed by atoms with Crippen LogP contribution in [0.15, 0.2) is 0 Å². The van der Waals surface area contributed by atoms with Crippen molar-refractivity contribution >= 4 is 23.8 Å². The van der Waals surface area contributed by atoms with Gasteiger partial charge in [-0.2, -0.15) is 0 Å². The number of carbonyl (C=O) groups is 4.